The molecule has 2 N–H and O–H groups in total. The second-order valence-corrected chi connectivity index (χ2v) is 2.92. The number of ether oxygens (including phenoxy) is 1. The zero-order valence-electron chi connectivity index (χ0n) is 8.15. The maximum absolute atomic E-state index is 10.9. The average Bonchev–Trinajstić information content (AvgIpc) is 2.18. The molecule has 1 rings (SSSR count). The normalized spacial score (nSPS) is 11.9. The number of hydrogen-bond donors (Lipinski definition) is 2. The standard InChI is InChI=1S/C10H13NO3/c1-7(11-10(13)14-2)8-5-3-4-6-9(8)12/h3-7,12H,1-2H3,(H,11,13). The lowest BCUT2D eigenvalue weighted by Gasteiger charge is -2.14. The molecule has 0 saturated carbocycles. The molecule has 0 aliphatic rings. The highest BCUT2D eigenvalue weighted by molar-refractivity contribution is 5.67. The number of hydrogen-bond acceptors (Lipinski definition) is 3. The molecule has 4 heteroatoms. The van der Waals surface area contributed by atoms with Crippen LogP contribution in [0.5, 0.6) is 5.75 Å². The molecule has 0 bridgehead atoms. The number of aromatic hydroxyl groups is 1. The number of carbonyl (C=O) groups is 1. The third-order valence-electron chi connectivity index (χ3n) is 1.92. The van der Waals surface area contributed by atoms with Crippen molar-refractivity contribution in [1.29, 1.82) is 0 Å². The molecule has 0 radical (unpaired) electrons. The molecule has 1 amide bonds. The number of alkyl carbamates (subject to hydrolysis) is 1. The fraction of sp³-hybridized carbons (Fsp3) is 0.300. The molecule has 0 aliphatic carbocycles. The number of benzene rings is 1. The first kappa shape index (κ1) is 10.4. The van der Waals surface area contributed by atoms with E-state index in [1.54, 1.807) is 31.2 Å². The minimum absolute atomic E-state index is 0.163. The SMILES string of the molecule is COC(=O)NC(C)c1ccccc1O. The first-order chi connectivity index (χ1) is 6.65. The van der Waals surface area contributed by atoms with Crippen molar-refractivity contribution < 1.29 is 14.6 Å². The molecule has 0 aliphatic heterocycles. The van der Waals surface area contributed by atoms with Gasteiger partial charge in [0.25, 0.3) is 0 Å². The summed E-state index contributed by atoms with van der Waals surface area (Å²) in [6.07, 6.45) is -0.513. The highest BCUT2D eigenvalue weighted by Crippen LogP contribution is 2.22. The molecule has 1 aromatic carbocycles. The van der Waals surface area contributed by atoms with Gasteiger partial charge in [0.1, 0.15) is 5.75 Å². The molecule has 76 valence electrons. The van der Waals surface area contributed by atoms with Gasteiger partial charge in [-0.1, -0.05) is 18.2 Å². The second kappa shape index (κ2) is 4.50. The third kappa shape index (κ3) is 2.39. The van der Waals surface area contributed by atoms with Crippen molar-refractivity contribution in [3.8, 4) is 5.75 Å². The van der Waals surface area contributed by atoms with E-state index in [2.05, 4.69) is 10.1 Å². The van der Waals surface area contributed by atoms with E-state index < -0.39 is 6.09 Å². The van der Waals surface area contributed by atoms with Crippen LogP contribution in [0.3, 0.4) is 0 Å². The monoisotopic (exact) mass is 195 g/mol. The lowest BCUT2D eigenvalue weighted by molar-refractivity contribution is 0.167. The van der Waals surface area contributed by atoms with Crippen LogP contribution in [0, 0.1) is 0 Å². The number of nitrogens with one attached hydrogen (secondary N) is 1. The van der Waals surface area contributed by atoms with Gasteiger partial charge in [-0.3, -0.25) is 0 Å². The van der Waals surface area contributed by atoms with Crippen LogP contribution in [-0.2, 0) is 4.74 Å². The minimum atomic E-state index is -0.513. The summed E-state index contributed by atoms with van der Waals surface area (Å²) in [4.78, 5) is 10.9. The first-order valence-electron chi connectivity index (χ1n) is 4.27. The molecular formula is C10H13NO3. The van der Waals surface area contributed by atoms with Gasteiger partial charge in [0.05, 0.1) is 13.2 Å². The maximum Gasteiger partial charge on any atom is 0.407 e. The Morgan fingerprint density at radius 3 is 2.71 bits per heavy atom. The number of rotatable bonds is 2. The van der Waals surface area contributed by atoms with E-state index in [4.69, 9.17) is 0 Å². The van der Waals surface area contributed by atoms with Gasteiger partial charge in [0.2, 0.25) is 0 Å². The van der Waals surface area contributed by atoms with E-state index in [-0.39, 0.29) is 11.8 Å². The van der Waals surface area contributed by atoms with E-state index in [0.717, 1.165) is 0 Å². The Labute approximate surface area is 82.5 Å². The molecule has 0 aromatic heterocycles. The summed E-state index contributed by atoms with van der Waals surface area (Å²) in [6, 6.07) is 6.57. The van der Waals surface area contributed by atoms with Gasteiger partial charge < -0.3 is 15.2 Å². The van der Waals surface area contributed by atoms with Crippen LogP contribution in [0.15, 0.2) is 24.3 Å². The Hall–Kier alpha value is -1.71. The Balaban J connectivity index is 2.74. The fourth-order valence-corrected chi connectivity index (χ4v) is 1.17. The zero-order chi connectivity index (χ0) is 10.6. The van der Waals surface area contributed by atoms with Crippen LogP contribution in [0.1, 0.15) is 18.5 Å². The number of phenols is 1. The van der Waals surface area contributed by atoms with Crippen molar-refractivity contribution in [2.75, 3.05) is 7.11 Å². The van der Waals surface area contributed by atoms with Gasteiger partial charge >= 0.3 is 6.09 Å². The van der Waals surface area contributed by atoms with Gasteiger partial charge in [0, 0.05) is 5.56 Å². The minimum Gasteiger partial charge on any atom is -0.508 e. The molecule has 1 unspecified atom stereocenters. The van der Waals surface area contributed by atoms with Gasteiger partial charge in [-0.25, -0.2) is 4.79 Å². The second-order valence-electron chi connectivity index (χ2n) is 2.92. The lowest BCUT2D eigenvalue weighted by atomic mass is 10.1. The van der Waals surface area contributed by atoms with Crippen LogP contribution >= 0.6 is 0 Å². The zero-order valence-corrected chi connectivity index (χ0v) is 8.15. The highest BCUT2D eigenvalue weighted by Gasteiger charge is 2.11. The van der Waals surface area contributed by atoms with Crippen LogP contribution in [0.25, 0.3) is 0 Å². The Kier molecular flexibility index (Phi) is 3.34. The lowest BCUT2D eigenvalue weighted by Crippen LogP contribution is -2.26. The molecule has 0 heterocycles. The molecule has 4 nitrogen and oxygen atoms in total. The van der Waals surface area contributed by atoms with Crippen molar-refractivity contribution in [2.45, 2.75) is 13.0 Å². The predicted octanol–water partition coefficient (Wildman–Crippen LogP) is 1.81. The Morgan fingerprint density at radius 1 is 1.50 bits per heavy atom. The summed E-state index contributed by atoms with van der Waals surface area (Å²) in [6.45, 7) is 1.77. The van der Waals surface area contributed by atoms with Crippen molar-refractivity contribution >= 4 is 6.09 Å². The van der Waals surface area contributed by atoms with Crippen molar-refractivity contribution in [3.05, 3.63) is 29.8 Å². The van der Waals surface area contributed by atoms with E-state index in [0.29, 0.717) is 5.56 Å². The largest absolute Gasteiger partial charge is 0.508 e. The van der Waals surface area contributed by atoms with E-state index >= 15 is 0 Å². The summed E-state index contributed by atoms with van der Waals surface area (Å²) in [7, 11) is 1.30. The number of amides is 1. The fourth-order valence-electron chi connectivity index (χ4n) is 1.17. The van der Waals surface area contributed by atoms with Crippen LogP contribution in [-0.4, -0.2) is 18.3 Å². The van der Waals surface area contributed by atoms with Gasteiger partial charge in [-0.2, -0.15) is 0 Å². The molecule has 14 heavy (non-hydrogen) atoms. The summed E-state index contributed by atoms with van der Waals surface area (Å²) in [5.74, 6) is 0.163. The Bertz CT molecular complexity index is 325. The summed E-state index contributed by atoms with van der Waals surface area (Å²) in [5.41, 5.74) is 0.665. The topological polar surface area (TPSA) is 58.6 Å². The van der Waals surface area contributed by atoms with Gasteiger partial charge in [-0.15, -0.1) is 0 Å². The molecular weight excluding hydrogens is 182 g/mol. The van der Waals surface area contributed by atoms with Gasteiger partial charge in [-0.05, 0) is 13.0 Å². The summed E-state index contributed by atoms with van der Waals surface area (Å²) in [5, 5.41) is 12.0. The molecule has 0 saturated heterocycles. The third-order valence-corrected chi connectivity index (χ3v) is 1.92. The highest BCUT2D eigenvalue weighted by atomic mass is 16.5. The molecule has 1 atom stereocenters. The predicted molar refractivity (Wildman–Crippen MR) is 52.1 cm³/mol. The van der Waals surface area contributed by atoms with Crippen LogP contribution in [0.2, 0.25) is 0 Å². The van der Waals surface area contributed by atoms with Crippen LogP contribution < -0.4 is 5.32 Å². The Morgan fingerprint density at radius 2 is 2.14 bits per heavy atom. The number of phenolic OH excluding ortho intramolecular Hbond substituents is 1. The maximum atomic E-state index is 10.9. The quantitative estimate of drug-likeness (QED) is 0.756. The van der Waals surface area contributed by atoms with Crippen LogP contribution in [0.4, 0.5) is 4.79 Å². The molecule has 1 aromatic rings. The van der Waals surface area contributed by atoms with Crippen molar-refractivity contribution in [3.63, 3.8) is 0 Å². The number of carbonyl (C=O) groups excluding carboxylic acids is 1. The van der Waals surface area contributed by atoms with E-state index in [1.807, 2.05) is 0 Å². The average molecular weight is 195 g/mol. The summed E-state index contributed by atoms with van der Waals surface area (Å²) < 4.78 is 4.45. The van der Waals surface area contributed by atoms with Crippen molar-refractivity contribution in [2.24, 2.45) is 0 Å². The van der Waals surface area contributed by atoms with Crippen molar-refractivity contribution in [1.82, 2.24) is 5.32 Å². The first-order valence-corrected chi connectivity index (χ1v) is 4.27. The molecule has 0 spiro atoms. The van der Waals surface area contributed by atoms with Gasteiger partial charge in [0.15, 0.2) is 0 Å². The number of methoxy groups -OCH3 is 1. The molecule has 0 fully saturated rings. The smallest absolute Gasteiger partial charge is 0.407 e. The van der Waals surface area contributed by atoms with E-state index in [1.165, 1.54) is 7.11 Å². The van der Waals surface area contributed by atoms with E-state index in [9.17, 15) is 9.90 Å². The number of para-hydroxylation sites is 1. The summed E-state index contributed by atoms with van der Waals surface area (Å²) >= 11 is 0.